The number of para-hydroxylation sites is 1. The smallest absolute Gasteiger partial charge is 0.329 e. The molecule has 6 heteroatoms. The molecular formula is C14H18ClNO4. The van der Waals surface area contributed by atoms with Crippen LogP contribution in [0.4, 0.5) is 0 Å². The molecule has 0 bridgehead atoms. The van der Waals surface area contributed by atoms with Gasteiger partial charge in [-0.3, -0.25) is 0 Å². The third-order valence-electron chi connectivity index (χ3n) is 3.01. The van der Waals surface area contributed by atoms with E-state index in [1.165, 1.54) is 0 Å². The summed E-state index contributed by atoms with van der Waals surface area (Å²) in [6, 6.07) is 5.96. The van der Waals surface area contributed by atoms with Crippen molar-refractivity contribution in [2.75, 3.05) is 19.8 Å². The zero-order chi connectivity index (χ0) is 14.5. The van der Waals surface area contributed by atoms with E-state index in [9.17, 15) is 4.79 Å². The van der Waals surface area contributed by atoms with Gasteiger partial charge in [0, 0.05) is 6.04 Å². The van der Waals surface area contributed by atoms with Gasteiger partial charge in [-0.1, -0.05) is 23.7 Å². The second-order valence-electron chi connectivity index (χ2n) is 4.80. The van der Waals surface area contributed by atoms with E-state index in [1.807, 2.05) is 24.1 Å². The number of hydroxylamine groups is 2. The molecular weight excluding hydrogens is 282 g/mol. The molecule has 0 spiro atoms. The molecule has 0 saturated heterocycles. The summed E-state index contributed by atoms with van der Waals surface area (Å²) in [6.45, 7) is 2.48. The minimum Gasteiger partial charge on any atom is -0.480 e. The summed E-state index contributed by atoms with van der Waals surface area (Å²) >= 11 is 6.14. The summed E-state index contributed by atoms with van der Waals surface area (Å²) in [4.78, 5) is 16.3. The fourth-order valence-corrected chi connectivity index (χ4v) is 2.09. The standard InChI is InChI=1S/C14H18ClNO4/c1-10-3-2-4-12(15)14(10)20-16(11-5-6-11)7-8-19-9-13(17)18/h2-4,11H,5-9H2,1H3,(H,17,18). The molecule has 1 fully saturated rings. The minimum absolute atomic E-state index is 0.288. The zero-order valence-corrected chi connectivity index (χ0v) is 12.1. The molecule has 0 aromatic heterocycles. The van der Waals surface area contributed by atoms with E-state index in [-0.39, 0.29) is 6.61 Å². The summed E-state index contributed by atoms with van der Waals surface area (Å²) in [5.74, 6) is -0.315. The highest BCUT2D eigenvalue weighted by atomic mass is 35.5. The average molecular weight is 300 g/mol. The number of benzene rings is 1. The maximum atomic E-state index is 10.4. The quantitative estimate of drug-likeness (QED) is 0.590. The lowest BCUT2D eigenvalue weighted by atomic mass is 10.2. The first kappa shape index (κ1) is 15.1. The van der Waals surface area contributed by atoms with Crippen LogP contribution in [0.5, 0.6) is 5.75 Å². The van der Waals surface area contributed by atoms with E-state index in [0.29, 0.717) is 30.0 Å². The number of aryl methyl sites for hydroxylation is 1. The van der Waals surface area contributed by atoms with Gasteiger partial charge in [0.05, 0.1) is 18.2 Å². The van der Waals surface area contributed by atoms with E-state index >= 15 is 0 Å². The maximum absolute atomic E-state index is 10.4. The van der Waals surface area contributed by atoms with Crippen molar-refractivity contribution in [3.8, 4) is 5.75 Å². The molecule has 20 heavy (non-hydrogen) atoms. The Morgan fingerprint density at radius 3 is 2.85 bits per heavy atom. The Kier molecular flexibility index (Phi) is 5.23. The normalized spacial score (nSPS) is 14.6. The van der Waals surface area contributed by atoms with E-state index in [0.717, 1.165) is 18.4 Å². The lowest BCUT2D eigenvalue weighted by molar-refractivity contribution is -0.143. The number of nitrogens with zero attached hydrogens (tertiary/aromatic N) is 1. The molecule has 0 heterocycles. The molecule has 5 nitrogen and oxygen atoms in total. The first-order chi connectivity index (χ1) is 9.58. The number of carboxylic acids is 1. The van der Waals surface area contributed by atoms with E-state index in [1.54, 1.807) is 6.07 Å². The molecule has 1 saturated carbocycles. The van der Waals surface area contributed by atoms with Crippen LogP contribution in [0.25, 0.3) is 0 Å². The summed E-state index contributed by atoms with van der Waals surface area (Å²) in [5.41, 5.74) is 0.967. The van der Waals surface area contributed by atoms with Gasteiger partial charge in [-0.2, -0.15) is 0 Å². The molecule has 1 aliphatic carbocycles. The van der Waals surface area contributed by atoms with Crippen LogP contribution in [-0.4, -0.2) is 41.9 Å². The van der Waals surface area contributed by atoms with Crippen LogP contribution in [-0.2, 0) is 9.53 Å². The van der Waals surface area contributed by atoms with Gasteiger partial charge in [0.25, 0.3) is 0 Å². The van der Waals surface area contributed by atoms with E-state index < -0.39 is 5.97 Å². The fourth-order valence-electron chi connectivity index (χ4n) is 1.83. The van der Waals surface area contributed by atoms with Crippen molar-refractivity contribution in [3.05, 3.63) is 28.8 Å². The number of hydrogen-bond donors (Lipinski definition) is 1. The summed E-state index contributed by atoms with van der Waals surface area (Å²) < 4.78 is 5.05. The highest BCUT2D eigenvalue weighted by molar-refractivity contribution is 6.32. The summed E-state index contributed by atoms with van der Waals surface area (Å²) in [7, 11) is 0. The number of hydrogen-bond acceptors (Lipinski definition) is 4. The maximum Gasteiger partial charge on any atom is 0.329 e. The first-order valence-electron chi connectivity index (χ1n) is 6.57. The molecule has 0 atom stereocenters. The van der Waals surface area contributed by atoms with Gasteiger partial charge in [0.2, 0.25) is 0 Å². The van der Waals surface area contributed by atoms with Crippen LogP contribution in [0, 0.1) is 6.92 Å². The predicted octanol–water partition coefficient (Wildman–Crippen LogP) is 2.51. The molecule has 0 radical (unpaired) electrons. The van der Waals surface area contributed by atoms with Crippen LogP contribution in [0.15, 0.2) is 18.2 Å². The molecule has 0 unspecified atom stereocenters. The van der Waals surface area contributed by atoms with Gasteiger partial charge in [-0.15, -0.1) is 5.06 Å². The van der Waals surface area contributed by atoms with Gasteiger partial charge in [0.1, 0.15) is 6.61 Å². The number of carbonyl (C=O) groups is 1. The Balaban J connectivity index is 1.91. The second-order valence-corrected chi connectivity index (χ2v) is 5.20. The number of aliphatic carboxylic acids is 1. The molecule has 1 aromatic rings. The lowest BCUT2D eigenvalue weighted by Gasteiger charge is -2.23. The number of halogens is 1. The van der Waals surface area contributed by atoms with Crippen LogP contribution in [0.2, 0.25) is 5.02 Å². The summed E-state index contributed by atoms with van der Waals surface area (Å²) in [5, 5.41) is 10.9. The van der Waals surface area contributed by atoms with Crippen molar-refractivity contribution in [1.29, 1.82) is 0 Å². The predicted molar refractivity (Wildman–Crippen MR) is 75.0 cm³/mol. The molecule has 110 valence electrons. The topological polar surface area (TPSA) is 59.0 Å². The Labute approximate surface area is 123 Å². The van der Waals surface area contributed by atoms with Crippen molar-refractivity contribution >= 4 is 17.6 Å². The van der Waals surface area contributed by atoms with Crippen molar-refractivity contribution in [2.45, 2.75) is 25.8 Å². The molecule has 2 rings (SSSR count). The third-order valence-corrected chi connectivity index (χ3v) is 3.31. The molecule has 1 N–H and O–H groups in total. The van der Waals surface area contributed by atoms with Gasteiger partial charge in [-0.05, 0) is 31.4 Å². The lowest BCUT2D eigenvalue weighted by Crippen LogP contribution is -2.33. The van der Waals surface area contributed by atoms with Gasteiger partial charge in [-0.25, -0.2) is 4.79 Å². The van der Waals surface area contributed by atoms with E-state index in [4.69, 9.17) is 26.3 Å². The van der Waals surface area contributed by atoms with Crippen molar-refractivity contribution in [3.63, 3.8) is 0 Å². The first-order valence-corrected chi connectivity index (χ1v) is 6.95. The molecule has 0 amide bonds. The molecule has 1 aromatic carbocycles. The fraction of sp³-hybridized carbons (Fsp3) is 0.500. The number of rotatable bonds is 8. The van der Waals surface area contributed by atoms with Crippen LogP contribution in [0.1, 0.15) is 18.4 Å². The van der Waals surface area contributed by atoms with Crippen molar-refractivity contribution in [2.24, 2.45) is 0 Å². The summed E-state index contributed by atoms with van der Waals surface area (Å²) in [6.07, 6.45) is 2.14. The van der Waals surface area contributed by atoms with Crippen molar-refractivity contribution < 1.29 is 19.5 Å². The van der Waals surface area contributed by atoms with Gasteiger partial charge < -0.3 is 14.7 Å². The average Bonchev–Trinajstić information content (AvgIpc) is 3.20. The Morgan fingerprint density at radius 2 is 2.25 bits per heavy atom. The molecule has 0 aliphatic heterocycles. The Morgan fingerprint density at radius 1 is 1.50 bits per heavy atom. The van der Waals surface area contributed by atoms with Crippen molar-refractivity contribution in [1.82, 2.24) is 5.06 Å². The van der Waals surface area contributed by atoms with Crippen LogP contribution >= 0.6 is 11.6 Å². The largest absolute Gasteiger partial charge is 0.480 e. The number of ether oxygens (including phenoxy) is 1. The zero-order valence-electron chi connectivity index (χ0n) is 11.3. The second kappa shape index (κ2) is 6.92. The minimum atomic E-state index is -0.967. The van der Waals surface area contributed by atoms with Crippen LogP contribution < -0.4 is 4.84 Å². The third kappa shape index (κ3) is 4.37. The Hall–Kier alpha value is -1.30. The van der Waals surface area contributed by atoms with Gasteiger partial charge >= 0.3 is 5.97 Å². The number of carboxylic acid groups (broad SMARTS) is 1. The van der Waals surface area contributed by atoms with E-state index in [2.05, 4.69) is 0 Å². The molecule has 1 aliphatic rings. The Bertz CT molecular complexity index is 456. The monoisotopic (exact) mass is 299 g/mol. The SMILES string of the molecule is Cc1cccc(Cl)c1ON(CCOCC(=O)O)C1CC1. The highest BCUT2D eigenvalue weighted by Gasteiger charge is 2.31. The van der Waals surface area contributed by atoms with Gasteiger partial charge in [0.15, 0.2) is 5.75 Å². The highest BCUT2D eigenvalue weighted by Crippen LogP contribution is 2.33. The van der Waals surface area contributed by atoms with Crippen LogP contribution in [0.3, 0.4) is 0 Å².